The fourth-order valence-corrected chi connectivity index (χ4v) is 1.68. The van der Waals surface area contributed by atoms with Gasteiger partial charge in [0.1, 0.15) is 0 Å². The van der Waals surface area contributed by atoms with Gasteiger partial charge in [-0.15, -0.1) is 16.4 Å². The maximum absolute atomic E-state index is 5.36. The summed E-state index contributed by atoms with van der Waals surface area (Å²) < 4.78 is 5.36. The standard InChI is InChI=1S/C9H13N5OS/c1-2-10-4-8-13-14-9(15-8)11-3-7-5-16-6-12-7/h5-6,10H,2-4H2,1H3,(H,11,14). The lowest BCUT2D eigenvalue weighted by atomic mass is 10.5. The van der Waals surface area contributed by atoms with Crippen molar-refractivity contribution in [3.05, 3.63) is 22.5 Å². The van der Waals surface area contributed by atoms with E-state index in [1.54, 1.807) is 16.8 Å². The van der Waals surface area contributed by atoms with E-state index in [2.05, 4.69) is 25.8 Å². The van der Waals surface area contributed by atoms with Gasteiger partial charge in [-0.25, -0.2) is 4.98 Å². The highest BCUT2D eigenvalue weighted by Crippen LogP contribution is 2.08. The third-order valence-corrected chi connectivity index (χ3v) is 2.53. The van der Waals surface area contributed by atoms with Crippen LogP contribution in [0.4, 0.5) is 6.01 Å². The number of thiazole rings is 1. The Hall–Kier alpha value is -1.47. The summed E-state index contributed by atoms with van der Waals surface area (Å²) in [5, 5.41) is 15.9. The lowest BCUT2D eigenvalue weighted by molar-refractivity contribution is 0.481. The van der Waals surface area contributed by atoms with Crippen molar-refractivity contribution in [3.8, 4) is 0 Å². The summed E-state index contributed by atoms with van der Waals surface area (Å²) in [6.07, 6.45) is 0. The molecule has 16 heavy (non-hydrogen) atoms. The first-order valence-corrected chi connectivity index (χ1v) is 5.97. The molecule has 6 nitrogen and oxygen atoms in total. The molecule has 0 amide bonds. The summed E-state index contributed by atoms with van der Waals surface area (Å²) in [5.74, 6) is 0.586. The number of nitrogens with zero attached hydrogens (tertiary/aromatic N) is 3. The van der Waals surface area contributed by atoms with Crippen molar-refractivity contribution in [2.24, 2.45) is 0 Å². The van der Waals surface area contributed by atoms with Gasteiger partial charge in [-0.3, -0.25) is 0 Å². The van der Waals surface area contributed by atoms with Gasteiger partial charge < -0.3 is 15.1 Å². The van der Waals surface area contributed by atoms with E-state index in [4.69, 9.17) is 4.42 Å². The van der Waals surface area contributed by atoms with Crippen molar-refractivity contribution in [2.45, 2.75) is 20.0 Å². The Morgan fingerprint density at radius 1 is 1.38 bits per heavy atom. The third-order valence-electron chi connectivity index (χ3n) is 1.90. The van der Waals surface area contributed by atoms with Crippen LogP contribution in [0, 0.1) is 0 Å². The Balaban J connectivity index is 1.83. The quantitative estimate of drug-likeness (QED) is 0.790. The molecular formula is C9H13N5OS. The smallest absolute Gasteiger partial charge is 0.315 e. The minimum atomic E-state index is 0.431. The van der Waals surface area contributed by atoms with Crippen LogP contribution in [0.15, 0.2) is 15.3 Å². The van der Waals surface area contributed by atoms with Crippen LogP contribution in [0.1, 0.15) is 18.5 Å². The lowest BCUT2D eigenvalue weighted by Gasteiger charge is -1.97. The molecule has 0 fully saturated rings. The first kappa shape index (κ1) is 11.0. The largest absolute Gasteiger partial charge is 0.407 e. The van der Waals surface area contributed by atoms with E-state index < -0.39 is 0 Å². The Bertz CT molecular complexity index is 413. The minimum absolute atomic E-state index is 0.431. The number of hydrogen-bond acceptors (Lipinski definition) is 7. The molecule has 0 saturated carbocycles. The van der Waals surface area contributed by atoms with Crippen molar-refractivity contribution >= 4 is 17.4 Å². The van der Waals surface area contributed by atoms with Crippen molar-refractivity contribution in [2.75, 3.05) is 11.9 Å². The van der Waals surface area contributed by atoms with Crippen LogP contribution < -0.4 is 10.6 Å². The van der Waals surface area contributed by atoms with Gasteiger partial charge in [0.15, 0.2) is 0 Å². The molecule has 0 aliphatic heterocycles. The van der Waals surface area contributed by atoms with Gasteiger partial charge in [-0.1, -0.05) is 12.0 Å². The summed E-state index contributed by atoms with van der Waals surface area (Å²) in [7, 11) is 0. The summed E-state index contributed by atoms with van der Waals surface area (Å²) in [6, 6.07) is 0.431. The SMILES string of the molecule is CCNCc1nnc(NCc2cscn2)o1. The van der Waals surface area contributed by atoms with Gasteiger partial charge in [-0.2, -0.15) is 0 Å². The molecule has 0 saturated heterocycles. The highest BCUT2D eigenvalue weighted by Gasteiger charge is 2.04. The highest BCUT2D eigenvalue weighted by atomic mass is 32.1. The number of nitrogens with one attached hydrogen (secondary N) is 2. The van der Waals surface area contributed by atoms with E-state index in [0.717, 1.165) is 12.2 Å². The zero-order valence-electron chi connectivity index (χ0n) is 8.93. The Morgan fingerprint density at radius 3 is 3.06 bits per heavy atom. The predicted octanol–water partition coefficient (Wildman–Crippen LogP) is 1.25. The van der Waals surface area contributed by atoms with Gasteiger partial charge >= 0.3 is 6.01 Å². The minimum Gasteiger partial charge on any atom is -0.407 e. The molecule has 0 aromatic carbocycles. The molecule has 0 radical (unpaired) electrons. The first-order chi connectivity index (χ1) is 7.88. The molecule has 86 valence electrons. The zero-order valence-corrected chi connectivity index (χ0v) is 9.75. The van der Waals surface area contributed by atoms with Gasteiger partial charge in [-0.05, 0) is 6.54 Å². The molecule has 0 unspecified atom stereocenters. The maximum atomic E-state index is 5.36. The molecule has 0 spiro atoms. The van der Waals surface area contributed by atoms with Gasteiger partial charge in [0, 0.05) is 5.38 Å². The number of rotatable bonds is 6. The molecule has 0 atom stereocenters. The van der Waals surface area contributed by atoms with E-state index in [0.29, 0.717) is 25.0 Å². The van der Waals surface area contributed by atoms with Crippen LogP contribution in [0.5, 0.6) is 0 Å². The Labute approximate surface area is 97.1 Å². The second kappa shape index (κ2) is 5.57. The zero-order chi connectivity index (χ0) is 11.2. The van der Waals surface area contributed by atoms with E-state index >= 15 is 0 Å². The summed E-state index contributed by atoms with van der Waals surface area (Å²) in [4.78, 5) is 4.14. The van der Waals surface area contributed by atoms with E-state index in [1.807, 2.05) is 12.3 Å². The topological polar surface area (TPSA) is 75.9 Å². The monoisotopic (exact) mass is 239 g/mol. The van der Waals surface area contributed by atoms with Gasteiger partial charge in [0.2, 0.25) is 5.89 Å². The molecule has 0 aliphatic rings. The van der Waals surface area contributed by atoms with Crippen LogP contribution in [0.2, 0.25) is 0 Å². The normalized spacial score (nSPS) is 10.6. The van der Waals surface area contributed by atoms with Crippen LogP contribution >= 0.6 is 11.3 Å². The third kappa shape index (κ3) is 3.01. The average molecular weight is 239 g/mol. The van der Waals surface area contributed by atoms with E-state index in [1.165, 1.54) is 0 Å². The van der Waals surface area contributed by atoms with E-state index in [9.17, 15) is 0 Å². The molecule has 2 N–H and O–H groups in total. The molecule has 2 aromatic rings. The summed E-state index contributed by atoms with van der Waals surface area (Å²) in [5.41, 5.74) is 2.76. The molecule has 2 heterocycles. The molecule has 7 heteroatoms. The number of aromatic nitrogens is 3. The van der Waals surface area contributed by atoms with Gasteiger partial charge in [0.25, 0.3) is 0 Å². The fraction of sp³-hybridized carbons (Fsp3) is 0.444. The summed E-state index contributed by atoms with van der Waals surface area (Å²) in [6.45, 7) is 4.11. The Morgan fingerprint density at radius 2 is 2.31 bits per heavy atom. The second-order valence-electron chi connectivity index (χ2n) is 3.11. The van der Waals surface area contributed by atoms with Crippen LogP contribution in [-0.2, 0) is 13.1 Å². The lowest BCUT2D eigenvalue weighted by Crippen LogP contribution is -2.11. The second-order valence-corrected chi connectivity index (χ2v) is 3.83. The maximum Gasteiger partial charge on any atom is 0.315 e. The Kier molecular flexibility index (Phi) is 3.84. The van der Waals surface area contributed by atoms with Crippen molar-refractivity contribution in [1.82, 2.24) is 20.5 Å². The van der Waals surface area contributed by atoms with E-state index in [-0.39, 0.29) is 0 Å². The predicted molar refractivity (Wildman–Crippen MR) is 61.1 cm³/mol. The van der Waals surface area contributed by atoms with Crippen LogP contribution in [0.3, 0.4) is 0 Å². The first-order valence-electron chi connectivity index (χ1n) is 5.02. The number of anilines is 1. The van der Waals surface area contributed by atoms with Crippen LogP contribution in [-0.4, -0.2) is 21.7 Å². The molecule has 0 bridgehead atoms. The summed E-state index contributed by atoms with van der Waals surface area (Å²) >= 11 is 1.56. The van der Waals surface area contributed by atoms with Crippen LogP contribution in [0.25, 0.3) is 0 Å². The van der Waals surface area contributed by atoms with Crippen molar-refractivity contribution < 1.29 is 4.42 Å². The van der Waals surface area contributed by atoms with Crippen molar-refractivity contribution in [1.29, 1.82) is 0 Å². The highest BCUT2D eigenvalue weighted by molar-refractivity contribution is 7.07. The fourth-order valence-electron chi connectivity index (χ4n) is 1.12. The molecule has 2 rings (SSSR count). The average Bonchev–Trinajstić information content (AvgIpc) is 2.95. The molecule has 0 aliphatic carbocycles. The molecule has 2 aromatic heterocycles. The van der Waals surface area contributed by atoms with Gasteiger partial charge in [0.05, 0.1) is 24.3 Å². The number of hydrogen-bond donors (Lipinski definition) is 2. The van der Waals surface area contributed by atoms with Crippen molar-refractivity contribution in [3.63, 3.8) is 0 Å². The molecular weight excluding hydrogens is 226 g/mol.